The van der Waals surface area contributed by atoms with E-state index in [1.165, 1.54) is 11.8 Å². The van der Waals surface area contributed by atoms with Gasteiger partial charge in [0.05, 0.1) is 12.9 Å². The summed E-state index contributed by atoms with van der Waals surface area (Å²) in [6.45, 7) is 0. The zero-order valence-electron chi connectivity index (χ0n) is 14.1. The minimum atomic E-state index is 0.437. The Labute approximate surface area is 163 Å². The fraction of sp³-hybridized carbons (Fsp3) is 0.118. The molecule has 4 aromatic rings. The molecule has 8 nitrogen and oxygen atoms in total. The predicted molar refractivity (Wildman–Crippen MR) is 100 cm³/mol. The van der Waals surface area contributed by atoms with Gasteiger partial charge in [0, 0.05) is 10.6 Å². The van der Waals surface area contributed by atoms with E-state index in [0.29, 0.717) is 33.4 Å². The summed E-state index contributed by atoms with van der Waals surface area (Å²) in [4.78, 5) is 4.40. The first kappa shape index (κ1) is 17.5. The highest BCUT2D eigenvalue weighted by molar-refractivity contribution is 7.98. The smallest absolute Gasteiger partial charge is 0.257 e. The SMILES string of the molecule is COc1ccccc1-n1nnnc1SCc1noc(-c2ccc(Cl)cc2)n1. The molecule has 0 amide bonds. The summed E-state index contributed by atoms with van der Waals surface area (Å²) in [5.41, 5.74) is 1.56. The van der Waals surface area contributed by atoms with Crippen LogP contribution in [0.1, 0.15) is 5.82 Å². The van der Waals surface area contributed by atoms with E-state index in [9.17, 15) is 0 Å². The summed E-state index contributed by atoms with van der Waals surface area (Å²) in [5.74, 6) is 2.11. The van der Waals surface area contributed by atoms with Gasteiger partial charge in [0.15, 0.2) is 5.82 Å². The summed E-state index contributed by atoms with van der Waals surface area (Å²) in [7, 11) is 1.60. The summed E-state index contributed by atoms with van der Waals surface area (Å²) in [5, 5.41) is 17.1. The number of para-hydroxylation sites is 2. The van der Waals surface area contributed by atoms with Crippen molar-refractivity contribution in [1.82, 2.24) is 30.3 Å². The minimum absolute atomic E-state index is 0.437. The molecule has 0 atom stereocenters. The molecule has 0 bridgehead atoms. The Balaban J connectivity index is 1.51. The third-order valence-electron chi connectivity index (χ3n) is 3.64. The Kier molecular flexibility index (Phi) is 5.03. The van der Waals surface area contributed by atoms with Crippen LogP contribution in [0.2, 0.25) is 5.02 Å². The molecule has 10 heteroatoms. The molecule has 0 aliphatic heterocycles. The fourth-order valence-corrected chi connectivity index (χ4v) is 3.23. The maximum absolute atomic E-state index is 5.90. The summed E-state index contributed by atoms with van der Waals surface area (Å²) >= 11 is 7.30. The first-order chi connectivity index (χ1) is 13.2. The molecule has 0 aliphatic rings. The summed E-state index contributed by atoms with van der Waals surface area (Å²) < 4.78 is 12.3. The first-order valence-corrected chi connectivity index (χ1v) is 9.24. The van der Waals surface area contributed by atoms with Gasteiger partial charge in [-0.3, -0.25) is 0 Å². The first-order valence-electron chi connectivity index (χ1n) is 7.87. The lowest BCUT2D eigenvalue weighted by Crippen LogP contribution is -2.02. The van der Waals surface area contributed by atoms with E-state index in [1.807, 2.05) is 36.4 Å². The lowest BCUT2D eigenvalue weighted by molar-refractivity contribution is 0.410. The van der Waals surface area contributed by atoms with Crippen molar-refractivity contribution >= 4 is 23.4 Å². The van der Waals surface area contributed by atoms with Crippen molar-refractivity contribution in [3.63, 3.8) is 0 Å². The molecule has 0 saturated carbocycles. The molecule has 4 rings (SSSR count). The van der Waals surface area contributed by atoms with Crippen LogP contribution in [0, 0.1) is 0 Å². The number of ether oxygens (including phenoxy) is 1. The van der Waals surface area contributed by atoms with E-state index in [4.69, 9.17) is 20.9 Å². The monoisotopic (exact) mass is 400 g/mol. The molecule has 0 saturated heterocycles. The van der Waals surface area contributed by atoms with E-state index in [0.717, 1.165) is 11.3 Å². The van der Waals surface area contributed by atoms with Gasteiger partial charge in [-0.1, -0.05) is 40.7 Å². The summed E-state index contributed by atoms with van der Waals surface area (Å²) in [6.07, 6.45) is 0. The topological polar surface area (TPSA) is 91.8 Å². The van der Waals surface area contributed by atoms with Crippen LogP contribution >= 0.6 is 23.4 Å². The zero-order valence-corrected chi connectivity index (χ0v) is 15.7. The van der Waals surface area contributed by atoms with Gasteiger partial charge in [-0.2, -0.15) is 9.67 Å². The molecule has 0 N–H and O–H groups in total. The van der Waals surface area contributed by atoms with Crippen molar-refractivity contribution < 1.29 is 9.26 Å². The van der Waals surface area contributed by atoms with Crippen LogP contribution in [0.15, 0.2) is 58.2 Å². The fourth-order valence-electron chi connectivity index (χ4n) is 2.38. The number of nitrogens with zero attached hydrogens (tertiary/aromatic N) is 6. The van der Waals surface area contributed by atoms with Gasteiger partial charge >= 0.3 is 0 Å². The molecule has 0 fully saturated rings. The van der Waals surface area contributed by atoms with Gasteiger partial charge in [-0.15, -0.1) is 5.10 Å². The Bertz CT molecular complexity index is 1050. The van der Waals surface area contributed by atoms with Crippen molar-refractivity contribution in [2.75, 3.05) is 7.11 Å². The number of thioether (sulfide) groups is 1. The Morgan fingerprint density at radius 3 is 2.78 bits per heavy atom. The van der Waals surface area contributed by atoms with Crippen molar-refractivity contribution in [3.05, 3.63) is 59.4 Å². The van der Waals surface area contributed by atoms with Gasteiger partial charge < -0.3 is 9.26 Å². The molecular formula is C17H13ClN6O2S. The number of hydrogen-bond donors (Lipinski definition) is 0. The molecule has 2 aromatic carbocycles. The molecule has 2 aromatic heterocycles. The van der Waals surface area contributed by atoms with Gasteiger partial charge in [0.1, 0.15) is 11.4 Å². The summed E-state index contributed by atoms with van der Waals surface area (Å²) in [6, 6.07) is 14.7. The minimum Gasteiger partial charge on any atom is -0.494 e. The van der Waals surface area contributed by atoms with Gasteiger partial charge in [-0.25, -0.2) is 0 Å². The Morgan fingerprint density at radius 1 is 1.15 bits per heavy atom. The average molecular weight is 401 g/mol. The predicted octanol–water partition coefficient (Wildman–Crippen LogP) is 3.67. The number of halogens is 1. The van der Waals surface area contributed by atoms with Gasteiger partial charge in [-0.05, 0) is 46.8 Å². The lowest BCUT2D eigenvalue weighted by Gasteiger charge is -2.08. The highest BCUT2D eigenvalue weighted by atomic mass is 35.5. The zero-order chi connectivity index (χ0) is 18.6. The van der Waals surface area contributed by atoms with Crippen LogP contribution in [0.25, 0.3) is 17.1 Å². The molecule has 0 radical (unpaired) electrons. The van der Waals surface area contributed by atoms with Crippen molar-refractivity contribution in [2.24, 2.45) is 0 Å². The molecule has 2 heterocycles. The second kappa shape index (κ2) is 7.77. The van der Waals surface area contributed by atoms with E-state index < -0.39 is 0 Å². The van der Waals surface area contributed by atoms with E-state index >= 15 is 0 Å². The van der Waals surface area contributed by atoms with E-state index in [2.05, 4.69) is 25.7 Å². The van der Waals surface area contributed by atoms with E-state index in [1.54, 1.807) is 23.9 Å². The normalized spacial score (nSPS) is 10.9. The highest BCUT2D eigenvalue weighted by Crippen LogP contribution is 2.27. The molecule has 136 valence electrons. The number of benzene rings is 2. The van der Waals surface area contributed by atoms with Crippen LogP contribution in [0.5, 0.6) is 5.75 Å². The third-order valence-corrected chi connectivity index (χ3v) is 4.81. The second-order valence-electron chi connectivity index (χ2n) is 5.36. The Morgan fingerprint density at radius 2 is 1.96 bits per heavy atom. The van der Waals surface area contributed by atoms with Crippen LogP contribution < -0.4 is 4.74 Å². The number of methoxy groups -OCH3 is 1. The molecule has 0 unspecified atom stereocenters. The lowest BCUT2D eigenvalue weighted by atomic mass is 10.2. The number of rotatable bonds is 6. The van der Waals surface area contributed by atoms with Crippen LogP contribution in [0.4, 0.5) is 0 Å². The van der Waals surface area contributed by atoms with Crippen molar-refractivity contribution in [2.45, 2.75) is 10.9 Å². The maximum atomic E-state index is 5.90. The highest BCUT2D eigenvalue weighted by Gasteiger charge is 2.15. The standard InChI is InChI=1S/C17H13ClN6O2S/c1-25-14-5-3-2-4-13(14)24-17(20-22-23-24)27-10-15-19-16(26-21-15)11-6-8-12(18)9-7-11/h2-9H,10H2,1H3. The average Bonchev–Trinajstić information content (AvgIpc) is 3.36. The molecule has 27 heavy (non-hydrogen) atoms. The van der Waals surface area contributed by atoms with Gasteiger partial charge in [0.2, 0.25) is 5.16 Å². The second-order valence-corrected chi connectivity index (χ2v) is 6.74. The van der Waals surface area contributed by atoms with E-state index in [-0.39, 0.29) is 0 Å². The van der Waals surface area contributed by atoms with Crippen LogP contribution in [0.3, 0.4) is 0 Å². The quantitative estimate of drug-likeness (QED) is 0.453. The van der Waals surface area contributed by atoms with Crippen molar-refractivity contribution in [3.8, 4) is 22.9 Å². The van der Waals surface area contributed by atoms with Gasteiger partial charge in [0.25, 0.3) is 5.89 Å². The largest absolute Gasteiger partial charge is 0.494 e. The molecule has 0 aliphatic carbocycles. The maximum Gasteiger partial charge on any atom is 0.257 e. The molecule has 0 spiro atoms. The Hall–Kier alpha value is -2.91. The van der Waals surface area contributed by atoms with Crippen LogP contribution in [-0.2, 0) is 5.75 Å². The number of hydrogen-bond acceptors (Lipinski definition) is 8. The van der Waals surface area contributed by atoms with Crippen molar-refractivity contribution in [1.29, 1.82) is 0 Å². The van der Waals surface area contributed by atoms with Crippen LogP contribution in [-0.4, -0.2) is 37.5 Å². The number of tetrazole rings is 1. The molecular weight excluding hydrogens is 388 g/mol. The number of aromatic nitrogens is 6. The third kappa shape index (κ3) is 3.79.